The van der Waals surface area contributed by atoms with Crippen LogP contribution in [0.3, 0.4) is 0 Å². The molecular weight excluding hydrogens is 208 g/mol. The predicted octanol–water partition coefficient (Wildman–Crippen LogP) is 4.31. The van der Waals surface area contributed by atoms with Crippen molar-refractivity contribution < 1.29 is 8.78 Å². The van der Waals surface area contributed by atoms with Crippen molar-refractivity contribution >= 4 is 0 Å². The van der Waals surface area contributed by atoms with Crippen LogP contribution in [0.25, 0.3) is 0 Å². The van der Waals surface area contributed by atoms with E-state index in [0.29, 0.717) is 0 Å². The zero-order chi connectivity index (χ0) is 11.5. The topological polar surface area (TPSA) is 12.9 Å². The molecule has 0 atom stereocenters. The van der Waals surface area contributed by atoms with Crippen LogP contribution < -0.4 is 0 Å². The van der Waals surface area contributed by atoms with Crippen LogP contribution in [0.2, 0.25) is 0 Å². The molecule has 1 aromatic heterocycles. The number of nitrogens with zero attached hydrogens (tertiary/aromatic N) is 1. The first-order chi connectivity index (χ1) is 7.68. The van der Waals surface area contributed by atoms with E-state index in [9.17, 15) is 8.78 Å². The maximum atomic E-state index is 12.8. The van der Waals surface area contributed by atoms with Crippen LogP contribution in [0.1, 0.15) is 56.1 Å². The van der Waals surface area contributed by atoms with Crippen LogP contribution in [0.5, 0.6) is 0 Å². The minimum atomic E-state index is -2.38. The third-order valence-electron chi connectivity index (χ3n) is 3.58. The van der Waals surface area contributed by atoms with Gasteiger partial charge in [0, 0.05) is 18.0 Å². The molecule has 0 bridgehead atoms. The van der Waals surface area contributed by atoms with Crippen LogP contribution in [0.15, 0.2) is 18.5 Å². The minimum Gasteiger partial charge on any atom is -0.264 e. The van der Waals surface area contributed by atoms with Gasteiger partial charge in [-0.05, 0) is 36.3 Å². The average molecular weight is 225 g/mol. The molecule has 0 amide bonds. The van der Waals surface area contributed by atoms with Crippen molar-refractivity contribution in [3.63, 3.8) is 0 Å². The quantitative estimate of drug-likeness (QED) is 0.730. The van der Waals surface area contributed by atoms with Crippen molar-refractivity contribution in [3.8, 4) is 0 Å². The van der Waals surface area contributed by atoms with Gasteiger partial charge in [0.05, 0.1) is 0 Å². The lowest BCUT2D eigenvalue weighted by atomic mass is 9.79. The van der Waals surface area contributed by atoms with E-state index in [1.54, 1.807) is 6.20 Å². The van der Waals surface area contributed by atoms with Gasteiger partial charge in [0.15, 0.2) is 0 Å². The Morgan fingerprint density at radius 3 is 2.56 bits per heavy atom. The summed E-state index contributed by atoms with van der Waals surface area (Å²) in [7, 11) is 0. The number of hydrogen-bond donors (Lipinski definition) is 0. The maximum absolute atomic E-state index is 12.8. The molecule has 1 saturated carbocycles. The Hall–Kier alpha value is -0.990. The second-order valence-corrected chi connectivity index (χ2v) is 4.76. The van der Waals surface area contributed by atoms with Gasteiger partial charge < -0.3 is 0 Å². The van der Waals surface area contributed by atoms with E-state index in [2.05, 4.69) is 11.9 Å². The van der Waals surface area contributed by atoms with Gasteiger partial charge in [-0.15, -0.1) is 0 Å². The van der Waals surface area contributed by atoms with E-state index in [4.69, 9.17) is 0 Å². The first-order valence-electron chi connectivity index (χ1n) is 5.90. The second kappa shape index (κ2) is 4.89. The molecule has 2 rings (SSSR count). The van der Waals surface area contributed by atoms with Crippen molar-refractivity contribution in [2.24, 2.45) is 5.92 Å². The molecule has 0 N–H and O–H groups in total. The van der Waals surface area contributed by atoms with Crippen molar-refractivity contribution in [2.45, 2.75) is 45.0 Å². The maximum Gasteiger partial charge on any atom is 0.264 e. The third-order valence-corrected chi connectivity index (χ3v) is 3.58. The molecule has 0 saturated heterocycles. The van der Waals surface area contributed by atoms with Crippen molar-refractivity contribution in [2.75, 3.05) is 0 Å². The number of alkyl halides is 2. The molecular formula is C13H17F2N. The normalized spacial score (nSPS) is 26.0. The smallest absolute Gasteiger partial charge is 0.264 e. The summed E-state index contributed by atoms with van der Waals surface area (Å²) in [5.41, 5.74) is 0.943. The summed E-state index contributed by atoms with van der Waals surface area (Å²) in [6.45, 7) is 2.23. The standard InChI is InChI=1S/C13H17F2N/c1-9-2-4-10(5-3-9)12-8-16-7-6-11(12)13(14)15/h6-10,13H,2-5H2,1H3. The molecule has 0 unspecified atom stereocenters. The second-order valence-electron chi connectivity index (χ2n) is 4.76. The van der Waals surface area contributed by atoms with E-state index in [0.717, 1.165) is 37.2 Å². The molecule has 0 aliphatic heterocycles. The van der Waals surface area contributed by atoms with E-state index in [1.165, 1.54) is 12.3 Å². The summed E-state index contributed by atoms with van der Waals surface area (Å²) < 4.78 is 25.7. The Labute approximate surface area is 94.9 Å². The zero-order valence-corrected chi connectivity index (χ0v) is 9.50. The van der Waals surface area contributed by atoms with E-state index >= 15 is 0 Å². The Balaban J connectivity index is 2.19. The number of pyridine rings is 1. The Bertz CT molecular complexity index is 344. The summed E-state index contributed by atoms with van der Waals surface area (Å²) in [4.78, 5) is 3.99. The molecule has 1 aliphatic rings. The van der Waals surface area contributed by atoms with Gasteiger partial charge in [0.2, 0.25) is 0 Å². The van der Waals surface area contributed by atoms with Crippen LogP contribution in [0, 0.1) is 5.92 Å². The third kappa shape index (κ3) is 2.39. The number of halogens is 2. The molecule has 0 spiro atoms. The number of hydrogen-bond acceptors (Lipinski definition) is 1. The molecule has 0 aromatic carbocycles. The number of rotatable bonds is 2. The SMILES string of the molecule is CC1CCC(c2cnccc2C(F)F)CC1. The van der Waals surface area contributed by atoms with Gasteiger partial charge in [-0.25, -0.2) is 8.78 Å². The highest BCUT2D eigenvalue weighted by Crippen LogP contribution is 2.38. The summed E-state index contributed by atoms with van der Waals surface area (Å²) in [6.07, 6.45) is 5.03. The first kappa shape index (κ1) is 11.5. The molecule has 1 heterocycles. The number of aromatic nitrogens is 1. The van der Waals surface area contributed by atoms with Crippen molar-refractivity contribution in [3.05, 3.63) is 29.6 Å². The monoisotopic (exact) mass is 225 g/mol. The molecule has 1 aromatic rings. The lowest BCUT2D eigenvalue weighted by molar-refractivity contribution is 0.148. The van der Waals surface area contributed by atoms with Crippen molar-refractivity contribution in [1.29, 1.82) is 0 Å². The zero-order valence-electron chi connectivity index (χ0n) is 9.50. The van der Waals surface area contributed by atoms with Gasteiger partial charge in [-0.1, -0.05) is 19.8 Å². The average Bonchev–Trinajstić information content (AvgIpc) is 2.30. The van der Waals surface area contributed by atoms with Crippen LogP contribution in [-0.4, -0.2) is 4.98 Å². The summed E-state index contributed by atoms with van der Waals surface area (Å²) in [6, 6.07) is 1.46. The Kier molecular flexibility index (Phi) is 3.52. The lowest BCUT2D eigenvalue weighted by Crippen LogP contribution is -2.12. The molecule has 1 nitrogen and oxygen atoms in total. The molecule has 88 valence electrons. The highest BCUT2D eigenvalue weighted by Gasteiger charge is 2.24. The largest absolute Gasteiger partial charge is 0.264 e. The minimum absolute atomic E-state index is 0.176. The molecule has 1 fully saturated rings. The van der Waals surface area contributed by atoms with Gasteiger partial charge in [0.25, 0.3) is 6.43 Å². The fourth-order valence-corrected chi connectivity index (χ4v) is 2.53. The Morgan fingerprint density at radius 2 is 1.94 bits per heavy atom. The summed E-state index contributed by atoms with van der Waals surface area (Å²) in [5.74, 6) is 1.02. The lowest BCUT2D eigenvalue weighted by Gasteiger charge is -2.27. The van der Waals surface area contributed by atoms with Gasteiger partial charge in [-0.2, -0.15) is 0 Å². The van der Waals surface area contributed by atoms with Gasteiger partial charge in [0.1, 0.15) is 0 Å². The highest BCUT2D eigenvalue weighted by molar-refractivity contribution is 5.28. The van der Waals surface area contributed by atoms with E-state index in [-0.39, 0.29) is 11.5 Å². The van der Waals surface area contributed by atoms with Crippen LogP contribution >= 0.6 is 0 Å². The van der Waals surface area contributed by atoms with Gasteiger partial charge >= 0.3 is 0 Å². The Morgan fingerprint density at radius 1 is 1.25 bits per heavy atom. The fourth-order valence-electron chi connectivity index (χ4n) is 2.53. The van der Waals surface area contributed by atoms with E-state index < -0.39 is 6.43 Å². The first-order valence-corrected chi connectivity index (χ1v) is 5.90. The van der Waals surface area contributed by atoms with Crippen LogP contribution in [-0.2, 0) is 0 Å². The van der Waals surface area contributed by atoms with Crippen molar-refractivity contribution in [1.82, 2.24) is 4.98 Å². The van der Waals surface area contributed by atoms with Gasteiger partial charge in [-0.3, -0.25) is 4.98 Å². The predicted molar refractivity (Wildman–Crippen MR) is 59.6 cm³/mol. The van der Waals surface area contributed by atoms with Crippen LogP contribution in [0.4, 0.5) is 8.78 Å². The molecule has 0 radical (unpaired) electrons. The fraction of sp³-hybridized carbons (Fsp3) is 0.615. The van der Waals surface area contributed by atoms with E-state index in [1.807, 2.05) is 0 Å². The highest BCUT2D eigenvalue weighted by atomic mass is 19.3. The molecule has 1 aliphatic carbocycles. The molecule has 16 heavy (non-hydrogen) atoms. The molecule has 3 heteroatoms. The summed E-state index contributed by atoms with van der Waals surface area (Å²) >= 11 is 0. The summed E-state index contributed by atoms with van der Waals surface area (Å²) in [5, 5.41) is 0.